The van der Waals surface area contributed by atoms with Crippen LogP contribution in [0.2, 0.25) is 0 Å². The molecule has 3 rings (SSSR count). The molecule has 0 heterocycles. The Bertz CT molecular complexity index is 1000. The molecule has 0 bridgehead atoms. The maximum Gasteiger partial charge on any atom is 0.343 e. The molecule has 0 radical (unpaired) electrons. The largest absolute Gasteiger partial charge is 0.423 e. The molecule has 0 fully saturated rings. The van der Waals surface area contributed by atoms with E-state index in [4.69, 9.17) is 4.74 Å². The van der Waals surface area contributed by atoms with Gasteiger partial charge in [0.25, 0.3) is 0 Å². The standard InChI is InChI=1S/C25H22F2O2/c1-3-4-18-7-11-19(12-8-18)23(26)24(27)20-13-15-22(16-14-20)29-25(28)21-9-5-17(2)6-10-21/h5-16H,3-4H2,1-2H3. The van der Waals surface area contributed by atoms with Gasteiger partial charge in [-0.3, -0.25) is 0 Å². The van der Waals surface area contributed by atoms with Crippen LogP contribution in [0.25, 0.3) is 11.7 Å². The number of hydrogen-bond acceptors (Lipinski definition) is 2. The fraction of sp³-hybridized carbons (Fsp3) is 0.160. The van der Waals surface area contributed by atoms with Crippen molar-refractivity contribution in [2.45, 2.75) is 26.7 Å². The fourth-order valence-corrected chi connectivity index (χ4v) is 2.88. The van der Waals surface area contributed by atoms with E-state index in [-0.39, 0.29) is 16.9 Å². The zero-order valence-electron chi connectivity index (χ0n) is 16.4. The second-order valence-corrected chi connectivity index (χ2v) is 6.85. The molecule has 3 aromatic carbocycles. The van der Waals surface area contributed by atoms with Crippen LogP contribution in [0.15, 0.2) is 72.8 Å². The third-order valence-electron chi connectivity index (χ3n) is 4.54. The number of rotatable bonds is 6. The molecule has 0 saturated heterocycles. The van der Waals surface area contributed by atoms with Crippen LogP contribution in [0.3, 0.4) is 0 Å². The average molecular weight is 392 g/mol. The van der Waals surface area contributed by atoms with Crippen LogP contribution in [-0.2, 0) is 6.42 Å². The molecule has 0 aromatic heterocycles. The molecule has 0 aliphatic heterocycles. The maximum atomic E-state index is 14.6. The first-order valence-electron chi connectivity index (χ1n) is 9.52. The van der Waals surface area contributed by atoms with E-state index in [1.165, 1.54) is 24.3 Å². The van der Waals surface area contributed by atoms with Gasteiger partial charge in [-0.1, -0.05) is 55.3 Å². The van der Waals surface area contributed by atoms with Gasteiger partial charge in [0, 0.05) is 11.1 Å². The van der Waals surface area contributed by atoms with Crippen molar-refractivity contribution in [3.05, 3.63) is 101 Å². The van der Waals surface area contributed by atoms with Crippen molar-refractivity contribution in [3.8, 4) is 5.75 Å². The first-order valence-corrected chi connectivity index (χ1v) is 9.52. The summed E-state index contributed by atoms with van der Waals surface area (Å²) >= 11 is 0. The third-order valence-corrected chi connectivity index (χ3v) is 4.54. The minimum Gasteiger partial charge on any atom is -0.423 e. The van der Waals surface area contributed by atoms with Crippen LogP contribution < -0.4 is 4.74 Å². The lowest BCUT2D eigenvalue weighted by Crippen LogP contribution is -2.08. The van der Waals surface area contributed by atoms with Crippen LogP contribution in [0.4, 0.5) is 8.78 Å². The van der Waals surface area contributed by atoms with Crippen molar-refractivity contribution >= 4 is 17.6 Å². The molecule has 0 aliphatic rings. The number of carbonyl (C=O) groups is 1. The van der Waals surface area contributed by atoms with Gasteiger partial charge in [0.15, 0.2) is 11.7 Å². The van der Waals surface area contributed by atoms with Crippen molar-refractivity contribution in [2.24, 2.45) is 0 Å². The summed E-state index contributed by atoms with van der Waals surface area (Å²) in [4.78, 5) is 12.1. The highest BCUT2D eigenvalue weighted by molar-refractivity contribution is 5.91. The van der Waals surface area contributed by atoms with Crippen LogP contribution >= 0.6 is 0 Å². The molecule has 148 valence electrons. The normalized spacial score (nSPS) is 11.7. The topological polar surface area (TPSA) is 26.3 Å². The Hall–Kier alpha value is -3.27. The van der Waals surface area contributed by atoms with Crippen molar-refractivity contribution < 1.29 is 18.3 Å². The summed E-state index contributed by atoms with van der Waals surface area (Å²) < 4.78 is 34.4. The average Bonchev–Trinajstić information content (AvgIpc) is 2.74. The molecule has 4 heteroatoms. The number of halogens is 2. The Morgan fingerprint density at radius 2 is 1.24 bits per heavy atom. The summed E-state index contributed by atoms with van der Waals surface area (Å²) in [6.07, 6.45) is 1.89. The van der Waals surface area contributed by atoms with Gasteiger partial charge in [-0.15, -0.1) is 0 Å². The summed E-state index contributed by atoms with van der Waals surface area (Å²) in [5.74, 6) is -2.12. The van der Waals surface area contributed by atoms with Gasteiger partial charge < -0.3 is 4.74 Å². The number of benzene rings is 3. The molecule has 0 saturated carbocycles. The van der Waals surface area contributed by atoms with Crippen LogP contribution in [0.5, 0.6) is 5.75 Å². The van der Waals surface area contributed by atoms with E-state index in [1.807, 2.05) is 19.1 Å². The van der Waals surface area contributed by atoms with Gasteiger partial charge in [-0.05, 0) is 55.3 Å². The Kier molecular flexibility index (Phi) is 6.55. The monoisotopic (exact) mass is 392 g/mol. The second kappa shape index (κ2) is 9.28. The molecular weight excluding hydrogens is 370 g/mol. The Morgan fingerprint density at radius 1 is 0.759 bits per heavy atom. The maximum absolute atomic E-state index is 14.6. The molecule has 0 spiro atoms. The minimum atomic E-state index is -0.954. The van der Waals surface area contributed by atoms with E-state index in [9.17, 15) is 13.6 Å². The van der Waals surface area contributed by atoms with Crippen molar-refractivity contribution in [1.82, 2.24) is 0 Å². The quantitative estimate of drug-likeness (QED) is 0.258. The first kappa shape index (κ1) is 20.5. The Labute approximate surface area is 169 Å². The van der Waals surface area contributed by atoms with Crippen LogP contribution in [-0.4, -0.2) is 5.97 Å². The summed E-state index contributed by atoms with van der Waals surface area (Å²) in [7, 11) is 0. The lowest BCUT2D eigenvalue weighted by Gasteiger charge is -2.07. The highest BCUT2D eigenvalue weighted by Crippen LogP contribution is 2.30. The number of esters is 1. The Balaban J connectivity index is 1.73. The first-order chi connectivity index (χ1) is 14.0. The van der Waals surface area contributed by atoms with E-state index in [1.54, 1.807) is 36.4 Å². The number of aryl methyl sites for hydroxylation is 2. The SMILES string of the molecule is CCCc1ccc(C(F)=C(F)c2ccc(OC(=O)c3ccc(C)cc3)cc2)cc1. The number of hydrogen-bond donors (Lipinski definition) is 0. The van der Waals surface area contributed by atoms with Gasteiger partial charge in [-0.25, -0.2) is 13.6 Å². The smallest absolute Gasteiger partial charge is 0.343 e. The summed E-state index contributed by atoms with van der Waals surface area (Å²) in [6, 6.07) is 19.4. The van der Waals surface area contributed by atoms with Gasteiger partial charge in [-0.2, -0.15) is 0 Å². The molecule has 0 atom stereocenters. The van der Waals surface area contributed by atoms with Crippen molar-refractivity contribution in [3.63, 3.8) is 0 Å². The highest BCUT2D eigenvalue weighted by Gasteiger charge is 2.13. The van der Waals surface area contributed by atoms with E-state index in [0.717, 1.165) is 24.0 Å². The summed E-state index contributed by atoms with van der Waals surface area (Å²) in [6.45, 7) is 3.99. The summed E-state index contributed by atoms with van der Waals surface area (Å²) in [5, 5.41) is 0. The molecule has 0 aliphatic carbocycles. The highest BCUT2D eigenvalue weighted by atomic mass is 19.2. The zero-order valence-corrected chi connectivity index (χ0v) is 16.4. The van der Waals surface area contributed by atoms with E-state index < -0.39 is 17.6 Å². The predicted octanol–water partition coefficient (Wildman–Crippen LogP) is 6.93. The molecule has 3 aromatic rings. The van der Waals surface area contributed by atoms with Crippen LogP contribution in [0.1, 0.15) is 46.0 Å². The predicted molar refractivity (Wildman–Crippen MR) is 112 cm³/mol. The van der Waals surface area contributed by atoms with E-state index in [0.29, 0.717) is 5.56 Å². The third kappa shape index (κ3) is 5.17. The van der Waals surface area contributed by atoms with Crippen molar-refractivity contribution in [1.29, 1.82) is 0 Å². The van der Waals surface area contributed by atoms with Gasteiger partial charge in [0.05, 0.1) is 5.56 Å². The lowest BCUT2D eigenvalue weighted by molar-refractivity contribution is 0.0735. The van der Waals surface area contributed by atoms with Crippen LogP contribution in [0, 0.1) is 6.92 Å². The molecule has 0 unspecified atom stereocenters. The zero-order chi connectivity index (χ0) is 20.8. The molecule has 2 nitrogen and oxygen atoms in total. The lowest BCUT2D eigenvalue weighted by atomic mass is 10.1. The van der Waals surface area contributed by atoms with E-state index in [2.05, 4.69) is 6.92 Å². The molecule has 0 N–H and O–H groups in total. The Morgan fingerprint density at radius 3 is 1.76 bits per heavy atom. The minimum absolute atomic E-state index is 0.0790. The second-order valence-electron chi connectivity index (χ2n) is 6.85. The molecule has 0 amide bonds. The van der Waals surface area contributed by atoms with Gasteiger partial charge in [0.1, 0.15) is 5.75 Å². The summed E-state index contributed by atoms with van der Waals surface area (Å²) in [5.41, 5.74) is 2.82. The van der Waals surface area contributed by atoms with E-state index >= 15 is 0 Å². The number of ether oxygens (including phenoxy) is 1. The number of carbonyl (C=O) groups excluding carboxylic acids is 1. The van der Waals surface area contributed by atoms with Gasteiger partial charge in [0.2, 0.25) is 0 Å². The molecule has 29 heavy (non-hydrogen) atoms. The van der Waals surface area contributed by atoms with Crippen molar-refractivity contribution in [2.75, 3.05) is 0 Å². The fourth-order valence-electron chi connectivity index (χ4n) is 2.88. The molecular formula is C25H22F2O2. The van der Waals surface area contributed by atoms with Gasteiger partial charge >= 0.3 is 5.97 Å².